The summed E-state index contributed by atoms with van der Waals surface area (Å²) < 4.78 is 6.50. The van der Waals surface area contributed by atoms with E-state index in [-0.39, 0.29) is 12.0 Å². The molecule has 2 rings (SSSR count). The average molecular weight is 318 g/mol. The number of hydrogen-bond acceptors (Lipinski definition) is 3. The molecule has 5 heteroatoms. The van der Waals surface area contributed by atoms with Gasteiger partial charge in [0, 0.05) is 19.1 Å². The van der Waals surface area contributed by atoms with Crippen LogP contribution in [-0.2, 0) is 4.74 Å². The van der Waals surface area contributed by atoms with Gasteiger partial charge >= 0.3 is 0 Å². The van der Waals surface area contributed by atoms with Crippen molar-refractivity contribution in [1.29, 1.82) is 0 Å². The number of nitrogens with one attached hydrogen (secondary N) is 1. The van der Waals surface area contributed by atoms with E-state index in [2.05, 4.69) is 28.2 Å². The molecule has 0 saturated carbocycles. The summed E-state index contributed by atoms with van der Waals surface area (Å²) in [6.07, 6.45) is 1.29. The molecule has 17 heavy (non-hydrogen) atoms. The number of hydrogen-bond donors (Lipinski definition) is 1. The number of carbonyl (C=O) groups excluding carboxylic acids is 1. The van der Waals surface area contributed by atoms with E-state index < -0.39 is 0 Å². The van der Waals surface area contributed by atoms with Gasteiger partial charge in [-0.2, -0.15) is 0 Å². The van der Waals surface area contributed by atoms with Gasteiger partial charge in [-0.05, 0) is 47.8 Å². The predicted molar refractivity (Wildman–Crippen MR) is 72.6 cm³/mol. The van der Waals surface area contributed by atoms with Crippen molar-refractivity contribution in [1.82, 2.24) is 5.32 Å². The highest BCUT2D eigenvalue weighted by Gasteiger charge is 2.24. The third kappa shape index (κ3) is 3.09. The van der Waals surface area contributed by atoms with Crippen LogP contribution in [0.2, 0.25) is 0 Å². The molecule has 94 valence electrons. The summed E-state index contributed by atoms with van der Waals surface area (Å²) >= 11 is 4.91. The molecule has 0 bridgehead atoms. The second-order valence-electron chi connectivity index (χ2n) is 4.40. The molecule has 1 aliphatic heterocycles. The maximum absolute atomic E-state index is 11.9. The van der Waals surface area contributed by atoms with Gasteiger partial charge in [-0.15, -0.1) is 11.3 Å². The lowest BCUT2D eigenvalue weighted by atomic mass is 10.0. The van der Waals surface area contributed by atoms with Gasteiger partial charge in [-0.3, -0.25) is 4.79 Å². The van der Waals surface area contributed by atoms with Crippen molar-refractivity contribution in [3.05, 3.63) is 20.3 Å². The van der Waals surface area contributed by atoms with Crippen LogP contribution in [0.5, 0.6) is 0 Å². The topological polar surface area (TPSA) is 38.3 Å². The average Bonchev–Trinajstić information content (AvgIpc) is 2.83. The van der Waals surface area contributed by atoms with Crippen LogP contribution in [0.15, 0.2) is 9.85 Å². The minimum Gasteiger partial charge on any atom is -0.378 e. The van der Waals surface area contributed by atoms with Gasteiger partial charge in [0.15, 0.2) is 0 Å². The number of rotatable bonds is 3. The molecule has 1 aliphatic rings. The summed E-state index contributed by atoms with van der Waals surface area (Å²) in [5.41, 5.74) is 1.11. The SMILES string of the molecule is Cc1cc(C(=O)NCC2CCOC2C)sc1Br. The Kier molecular flexibility index (Phi) is 4.22. The van der Waals surface area contributed by atoms with Gasteiger partial charge in [0.1, 0.15) is 0 Å². The van der Waals surface area contributed by atoms with Gasteiger partial charge in [0.25, 0.3) is 5.91 Å². The number of amides is 1. The Morgan fingerprint density at radius 1 is 1.71 bits per heavy atom. The Labute approximate surface area is 114 Å². The van der Waals surface area contributed by atoms with Crippen molar-refractivity contribution in [2.75, 3.05) is 13.2 Å². The lowest BCUT2D eigenvalue weighted by Gasteiger charge is -2.14. The first-order chi connectivity index (χ1) is 8.08. The monoisotopic (exact) mass is 317 g/mol. The van der Waals surface area contributed by atoms with Gasteiger partial charge in [-0.25, -0.2) is 0 Å². The number of thiophene rings is 1. The molecule has 3 nitrogen and oxygen atoms in total. The summed E-state index contributed by atoms with van der Waals surface area (Å²) in [4.78, 5) is 12.7. The van der Waals surface area contributed by atoms with E-state index >= 15 is 0 Å². The highest BCUT2D eigenvalue weighted by atomic mass is 79.9. The molecule has 1 aromatic rings. The third-order valence-corrected chi connectivity index (χ3v) is 5.27. The molecular formula is C12H16BrNO2S. The fourth-order valence-corrected chi connectivity index (χ4v) is 3.38. The second kappa shape index (κ2) is 5.50. The number of ether oxygens (including phenoxy) is 1. The van der Waals surface area contributed by atoms with Gasteiger partial charge in [0.05, 0.1) is 14.8 Å². The zero-order chi connectivity index (χ0) is 12.4. The van der Waals surface area contributed by atoms with Crippen LogP contribution in [0.1, 0.15) is 28.6 Å². The minimum atomic E-state index is 0.0166. The lowest BCUT2D eigenvalue weighted by Crippen LogP contribution is -2.31. The predicted octanol–water partition coefficient (Wildman–Crippen LogP) is 2.97. The summed E-state index contributed by atoms with van der Waals surface area (Å²) in [6.45, 7) is 5.57. The van der Waals surface area contributed by atoms with Crippen LogP contribution in [0, 0.1) is 12.8 Å². The first-order valence-corrected chi connectivity index (χ1v) is 7.34. The normalized spacial score (nSPS) is 23.9. The van der Waals surface area contributed by atoms with E-state index in [0.717, 1.165) is 27.3 Å². The van der Waals surface area contributed by atoms with Crippen LogP contribution in [0.4, 0.5) is 0 Å². The third-order valence-electron chi connectivity index (χ3n) is 3.14. The fourth-order valence-electron chi connectivity index (χ4n) is 1.93. The minimum absolute atomic E-state index is 0.0166. The number of aryl methyl sites for hydroxylation is 1. The molecule has 0 aromatic carbocycles. The Balaban J connectivity index is 1.89. The van der Waals surface area contributed by atoms with E-state index in [1.165, 1.54) is 11.3 Å². The standard InChI is InChI=1S/C12H16BrNO2S/c1-7-5-10(17-11(7)13)12(15)14-6-9-3-4-16-8(9)2/h5,8-9H,3-4,6H2,1-2H3,(H,14,15). The first-order valence-electron chi connectivity index (χ1n) is 5.73. The van der Waals surface area contributed by atoms with Gasteiger partial charge in [0.2, 0.25) is 0 Å². The van der Waals surface area contributed by atoms with E-state index in [1.54, 1.807) is 0 Å². The van der Waals surface area contributed by atoms with E-state index in [1.807, 2.05) is 13.0 Å². The van der Waals surface area contributed by atoms with Crippen molar-refractivity contribution in [2.24, 2.45) is 5.92 Å². The summed E-state index contributed by atoms with van der Waals surface area (Å²) in [6, 6.07) is 1.92. The van der Waals surface area contributed by atoms with E-state index in [4.69, 9.17) is 4.74 Å². The van der Waals surface area contributed by atoms with Crippen LogP contribution in [0.3, 0.4) is 0 Å². The Morgan fingerprint density at radius 2 is 2.47 bits per heavy atom. The summed E-state index contributed by atoms with van der Waals surface area (Å²) in [7, 11) is 0. The molecular weight excluding hydrogens is 302 g/mol. The van der Waals surface area contributed by atoms with E-state index in [9.17, 15) is 4.79 Å². The second-order valence-corrected chi connectivity index (χ2v) is 6.77. The highest BCUT2D eigenvalue weighted by Crippen LogP contribution is 2.27. The van der Waals surface area contributed by atoms with Crippen LogP contribution >= 0.6 is 27.3 Å². The fraction of sp³-hybridized carbons (Fsp3) is 0.583. The van der Waals surface area contributed by atoms with E-state index in [0.29, 0.717) is 12.5 Å². The van der Waals surface area contributed by atoms with Crippen molar-refractivity contribution in [3.8, 4) is 0 Å². The Bertz CT molecular complexity index is 399. The molecule has 1 amide bonds. The molecule has 1 saturated heterocycles. The molecule has 2 unspecified atom stereocenters. The number of halogens is 1. The Hall–Kier alpha value is -0.390. The zero-order valence-corrected chi connectivity index (χ0v) is 12.4. The molecule has 2 heterocycles. The maximum Gasteiger partial charge on any atom is 0.261 e. The van der Waals surface area contributed by atoms with Crippen LogP contribution < -0.4 is 5.32 Å². The molecule has 1 N–H and O–H groups in total. The largest absolute Gasteiger partial charge is 0.378 e. The smallest absolute Gasteiger partial charge is 0.261 e. The van der Waals surface area contributed by atoms with Crippen LogP contribution in [0.25, 0.3) is 0 Å². The first kappa shape index (κ1) is 13.1. The molecule has 0 radical (unpaired) electrons. The highest BCUT2D eigenvalue weighted by molar-refractivity contribution is 9.11. The zero-order valence-electron chi connectivity index (χ0n) is 9.96. The van der Waals surface area contributed by atoms with Crippen molar-refractivity contribution < 1.29 is 9.53 Å². The molecule has 1 aromatic heterocycles. The van der Waals surface area contributed by atoms with Gasteiger partial charge in [-0.1, -0.05) is 0 Å². The number of carbonyl (C=O) groups is 1. The summed E-state index contributed by atoms with van der Waals surface area (Å²) in [5, 5.41) is 2.98. The van der Waals surface area contributed by atoms with Crippen LogP contribution in [-0.4, -0.2) is 25.2 Å². The molecule has 0 spiro atoms. The van der Waals surface area contributed by atoms with Gasteiger partial charge < -0.3 is 10.1 Å². The molecule has 1 fully saturated rings. The van der Waals surface area contributed by atoms with Crippen molar-refractivity contribution in [3.63, 3.8) is 0 Å². The summed E-state index contributed by atoms with van der Waals surface area (Å²) in [5.74, 6) is 0.464. The Morgan fingerprint density at radius 3 is 3.00 bits per heavy atom. The van der Waals surface area contributed by atoms with Crippen molar-refractivity contribution in [2.45, 2.75) is 26.4 Å². The molecule has 0 aliphatic carbocycles. The van der Waals surface area contributed by atoms with Crippen molar-refractivity contribution >= 4 is 33.2 Å². The maximum atomic E-state index is 11.9. The lowest BCUT2D eigenvalue weighted by molar-refractivity contribution is 0.0910. The quantitative estimate of drug-likeness (QED) is 0.930. The molecule has 2 atom stereocenters.